The van der Waals surface area contributed by atoms with Gasteiger partial charge in [-0.15, -0.1) is 0 Å². The quantitative estimate of drug-likeness (QED) is 0.833. The van der Waals surface area contributed by atoms with E-state index in [2.05, 4.69) is 36.8 Å². The van der Waals surface area contributed by atoms with Crippen LogP contribution in [0.1, 0.15) is 57.8 Å². The lowest BCUT2D eigenvalue weighted by molar-refractivity contribution is 0.153. The van der Waals surface area contributed by atoms with Gasteiger partial charge in [0, 0.05) is 18.8 Å². The maximum absolute atomic E-state index is 4.76. The second kappa shape index (κ2) is 6.12. The lowest BCUT2D eigenvalue weighted by atomic mass is 9.70. The van der Waals surface area contributed by atoms with Gasteiger partial charge in [-0.3, -0.25) is 4.68 Å². The second-order valence-corrected chi connectivity index (χ2v) is 7.20. The molecule has 2 bridgehead atoms. The molecule has 2 aliphatic carbocycles. The van der Waals surface area contributed by atoms with Gasteiger partial charge in [0.2, 0.25) is 0 Å². The van der Waals surface area contributed by atoms with E-state index in [1.165, 1.54) is 50.0 Å². The highest BCUT2D eigenvalue weighted by atomic mass is 15.3. The minimum atomic E-state index is 0.497. The van der Waals surface area contributed by atoms with Crippen LogP contribution >= 0.6 is 0 Å². The van der Waals surface area contributed by atoms with E-state index in [1.807, 2.05) is 0 Å². The van der Waals surface area contributed by atoms with Gasteiger partial charge in [-0.05, 0) is 68.9 Å². The van der Waals surface area contributed by atoms with E-state index in [1.54, 1.807) is 0 Å². The molecular formula is C18H31N3. The van der Waals surface area contributed by atoms with Crippen LogP contribution in [0.2, 0.25) is 0 Å². The summed E-state index contributed by atoms with van der Waals surface area (Å²) in [5.41, 5.74) is 3.23. The summed E-state index contributed by atoms with van der Waals surface area (Å²) >= 11 is 0. The Morgan fingerprint density at radius 1 is 1.33 bits per heavy atom. The van der Waals surface area contributed by atoms with E-state index >= 15 is 0 Å². The van der Waals surface area contributed by atoms with Crippen molar-refractivity contribution < 1.29 is 0 Å². The van der Waals surface area contributed by atoms with Gasteiger partial charge in [-0.1, -0.05) is 20.3 Å². The molecule has 0 radical (unpaired) electrons. The SMILES string of the molecule is CCNCC1(Cc2cc(CC)nn2CC)CC2CCC1C2. The van der Waals surface area contributed by atoms with Crippen LogP contribution in [0.4, 0.5) is 0 Å². The van der Waals surface area contributed by atoms with Gasteiger partial charge >= 0.3 is 0 Å². The van der Waals surface area contributed by atoms with Crippen molar-refractivity contribution in [2.75, 3.05) is 13.1 Å². The predicted molar refractivity (Wildman–Crippen MR) is 87.4 cm³/mol. The molecule has 3 atom stereocenters. The third-order valence-corrected chi connectivity index (χ3v) is 5.94. The van der Waals surface area contributed by atoms with Crippen LogP contribution in [0.15, 0.2) is 6.07 Å². The molecule has 2 fully saturated rings. The lowest BCUT2D eigenvalue weighted by Gasteiger charge is -2.38. The van der Waals surface area contributed by atoms with Crippen molar-refractivity contribution in [3.63, 3.8) is 0 Å². The van der Waals surface area contributed by atoms with Gasteiger partial charge in [0.05, 0.1) is 5.69 Å². The molecule has 0 aromatic carbocycles. The summed E-state index contributed by atoms with van der Waals surface area (Å²) < 4.78 is 2.25. The van der Waals surface area contributed by atoms with Crippen LogP contribution < -0.4 is 5.32 Å². The van der Waals surface area contributed by atoms with E-state index in [9.17, 15) is 0 Å². The highest BCUT2D eigenvalue weighted by Crippen LogP contribution is 2.57. The van der Waals surface area contributed by atoms with Crippen molar-refractivity contribution in [2.24, 2.45) is 17.3 Å². The maximum Gasteiger partial charge on any atom is 0.0624 e. The average Bonchev–Trinajstić information content (AvgIpc) is 3.19. The molecule has 3 nitrogen and oxygen atoms in total. The Hall–Kier alpha value is -0.830. The normalized spacial score (nSPS) is 31.2. The molecule has 1 heterocycles. The zero-order valence-corrected chi connectivity index (χ0v) is 14.0. The number of nitrogens with one attached hydrogen (secondary N) is 1. The van der Waals surface area contributed by atoms with Crippen molar-refractivity contribution in [3.05, 3.63) is 17.5 Å². The summed E-state index contributed by atoms with van der Waals surface area (Å²) in [4.78, 5) is 0. The molecule has 21 heavy (non-hydrogen) atoms. The highest BCUT2D eigenvalue weighted by Gasteiger charge is 2.50. The fourth-order valence-corrected chi connectivity index (χ4v) is 4.89. The molecule has 0 aliphatic heterocycles. The Kier molecular flexibility index (Phi) is 4.39. The van der Waals surface area contributed by atoms with Crippen molar-refractivity contribution in [3.8, 4) is 0 Å². The average molecular weight is 289 g/mol. The highest BCUT2D eigenvalue weighted by molar-refractivity contribution is 5.16. The first-order valence-electron chi connectivity index (χ1n) is 8.97. The van der Waals surface area contributed by atoms with E-state index in [0.29, 0.717) is 5.41 Å². The number of hydrogen-bond acceptors (Lipinski definition) is 2. The summed E-state index contributed by atoms with van der Waals surface area (Å²) in [5.74, 6) is 1.93. The molecule has 0 amide bonds. The van der Waals surface area contributed by atoms with Gasteiger partial charge in [-0.25, -0.2) is 0 Å². The minimum Gasteiger partial charge on any atom is -0.316 e. The number of aromatic nitrogens is 2. The molecule has 1 aromatic heterocycles. The Balaban J connectivity index is 1.83. The van der Waals surface area contributed by atoms with Crippen LogP contribution in [0.5, 0.6) is 0 Å². The molecular weight excluding hydrogens is 258 g/mol. The zero-order chi connectivity index (χ0) is 14.9. The van der Waals surface area contributed by atoms with E-state index in [4.69, 9.17) is 5.10 Å². The predicted octanol–water partition coefficient (Wildman–Crippen LogP) is 3.42. The van der Waals surface area contributed by atoms with E-state index in [-0.39, 0.29) is 0 Å². The third kappa shape index (κ3) is 2.77. The topological polar surface area (TPSA) is 29.9 Å². The van der Waals surface area contributed by atoms with E-state index < -0.39 is 0 Å². The molecule has 2 saturated carbocycles. The standard InChI is InChI=1S/C18H31N3/c1-4-16-10-17(21(6-3)20-16)12-18(13-19-5-2)11-14-7-8-15(18)9-14/h10,14-15,19H,4-9,11-13H2,1-3H3. The fraction of sp³-hybridized carbons (Fsp3) is 0.833. The van der Waals surface area contributed by atoms with Crippen molar-refractivity contribution >= 4 is 0 Å². The number of nitrogens with zero attached hydrogens (tertiary/aromatic N) is 2. The Morgan fingerprint density at radius 3 is 2.76 bits per heavy atom. The van der Waals surface area contributed by atoms with Gasteiger partial charge in [0.1, 0.15) is 0 Å². The number of hydrogen-bond donors (Lipinski definition) is 1. The van der Waals surface area contributed by atoms with Crippen LogP contribution in [0, 0.1) is 17.3 Å². The largest absolute Gasteiger partial charge is 0.316 e. The summed E-state index contributed by atoms with van der Waals surface area (Å²) in [7, 11) is 0. The van der Waals surface area contributed by atoms with Gasteiger partial charge < -0.3 is 5.32 Å². The molecule has 118 valence electrons. The smallest absolute Gasteiger partial charge is 0.0624 e. The van der Waals surface area contributed by atoms with Crippen molar-refractivity contribution in [2.45, 2.75) is 65.8 Å². The van der Waals surface area contributed by atoms with Gasteiger partial charge in [0.15, 0.2) is 0 Å². The molecule has 1 N–H and O–H groups in total. The number of fused-ring (bicyclic) bond motifs is 2. The van der Waals surface area contributed by atoms with Crippen molar-refractivity contribution in [1.29, 1.82) is 0 Å². The van der Waals surface area contributed by atoms with Crippen LogP contribution in [0.3, 0.4) is 0 Å². The van der Waals surface area contributed by atoms with E-state index in [0.717, 1.165) is 31.3 Å². The summed E-state index contributed by atoms with van der Waals surface area (Å²) in [5, 5.41) is 8.42. The molecule has 1 aromatic rings. The summed E-state index contributed by atoms with van der Waals surface area (Å²) in [6, 6.07) is 2.36. The molecule has 3 heteroatoms. The van der Waals surface area contributed by atoms with Crippen LogP contribution in [-0.2, 0) is 19.4 Å². The zero-order valence-electron chi connectivity index (χ0n) is 14.0. The molecule has 0 saturated heterocycles. The molecule has 2 aliphatic rings. The lowest BCUT2D eigenvalue weighted by Crippen LogP contribution is -2.41. The molecule has 3 rings (SSSR count). The second-order valence-electron chi connectivity index (χ2n) is 7.20. The number of rotatable bonds is 7. The van der Waals surface area contributed by atoms with Gasteiger partial charge in [0.25, 0.3) is 0 Å². The minimum absolute atomic E-state index is 0.497. The first-order valence-corrected chi connectivity index (χ1v) is 8.97. The maximum atomic E-state index is 4.76. The molecule has 0 spiro atoms. The monoisotopic (exact) mass is 289 g/mol. The summed E-state index contributed by atoms with van der Waals surface area (Å²) in [6.07, 6.45) is 8.12. The number of aryl methyl sites for hydroxylation is 2. The third-order valence-electron chi connectivity index (χ3n) is 5.94. The first kappa shape index (κ1) is 15.1. The van der Waals surface area contributed by atoms with Gasteiger partial charge in [-0.2, -0.15) is 5.10 Å². The fourth-order valence-electron chi connectivity index (χ4n) is 4.89. The Labute approximate surface area is 129 Å². The van der Waals surface area contributed by atoms with Crippen LogP contribution in [-0.4, -0.2) is 22.9 Å². The first-order chi connectivity index (χ1) is 10.2. The summed E-state index contributed by atoms with van der Waals surface area (Å²) in [6.45, 7) is 9.94. The molecule has 3 unspecified atom stereocenters. The Morgan fingerprint density at radius 2 is 2.19 bits per heavy atom. The van der Waals surface area contributed by atoms with Crippen LogP contribution in [0.25, 0.3) is 0 Å². The Bertz CT molecular complexity index is 479. The van der Waals surface area contributed by atoms with Crippen molar-refractivity contribution in [1.82, 2.24) is 15.1 Å².